The van der Waals surface area contributed by atoms with E-state index in [2.05, 4.69) is 0 Å². The number of ether oxygens (including phenoxy) is 5. The zero-order chi connectivity index (χ0) is 20.9. The maximum absolute atomic E-state index is 11.5. The van der Waals surface area contributed by atoms with Crippen LogP contribution in [0.2, 0.25) is 0 Å². The normalized spacial score (nSPS) is 28.0. The van der Waals surface area contributed by atoms with Crippen molar-refractivity contribution in [2.45, 2.75) is 55.3 Å². The van der Waals surface area contributed by atoms with Gasteiger partial charge < -0.3 is 28.8 Å². The number of nitrogens with one attached hydrogen (secondary N) is 1. The number of carbonyl (C=O) groups is 3. The van der Waals surface area contributed by atoms with Crippen molar-refractivity contribution >= 4 is 58.6 Å². The van der Waals surface area contributed by atoms with Crippen LogP contribution < -0.4 is 0 Å². The molecule has 154 valence electrons. The van der Waals surface area contributed by atoms with Gasteiger partial charge >= 0.3 is 17.9 Å². The summed E-state index contributed by atoms with van der Waals surface area (Å²) in [6.45, 7) is 2.52. The Labute approximate surface area is 169 Å². The second-order valence-electron chi connectivity index (χ2n) is 5.39. The highest BCUT2D eigenvalue weighted by atomic mass is 35.6. The lowest BCUT2D eigenvalue weighted by Crippen LogP contribution is -2.63. The van der Waals surface area contributed by atoms with E-state index < -0.39 is 64.9 Å². The van der Waals surface area contributed by atoms with Crippen LogP contribution in [-0.4, -0.2) is 70.0 Å². The van der Waals surface area contributed by atoms with E-state index in [9.17, 15) is 19.5 Å². The molecule has 0 aliphatic carbocycles. The van der Waals surface area contributed by atoms with Gasteiger partial charge in [0.1, 0.15) is 6.10 Å². The average molecular weight is 451 g/mol. The number of esters is 3. The molecule has 0 spiro atoms. The fraction of sp³-hybridized carbons (Fsp3) is 0.714. The van der Waals surface area contributed by atoms with Crippen molar-refractivity contribution in [2.75, 3.05) is 6.61 Å². The zero-order valence-corrected chi connectivity index (χ0v) is 16.7. The van der Waals surface area contributed by atoms with Crippen molar-refractivity contribution in [3.8, 4) is 0 Å². The molecule has 0 amide bonds. The molecule has 0 aromatic carbocycles. The Morgan fingerprint density at radius 3 is 1.78 bits per heavy atom. The van der Waals surface area contributed by atoms with Crippen LogP contribution in [0.3, 0.4) is 0 Å². The Kier molecular flexibility index (Phi) is 8.55. The van der Waals surface area contributed by atoms with Crippen molar-refractivity contribution in [1.29, 1.82) is 5.41 Å². The van der Waals surface area contributed by atoms with E-state index in [1.165, 1.54) is 0 Å². The highest BCUT2D eigenvalue weighted by Crippen LogP contribution is 2.33. The number of halogens is 3. The maximum Gasteiger partial charge on any atom is 0.303 e. The van der Waals surface area contributed by atoms with Crippen molar-refractivity contribution in [3.63, 3.8) is 0 Å². The van der Waals surface area contributed by atoms with Crippen LogP contribution in [0, 0.1) is 5.41 Å². The standard InChI is InChI=1S/C14H18Cl3NO9/c1-5(20)23-9-8(4-19)26-12(27-13(18)14(15,16)17)11(25-7(3)22)10(9)24-6(2)21/h8-12,18-19H,4H2,1-3H3/t8-,9-,10+,11+,12-/m1/s1. The number of carbonyl (C=O) groups excluding carboxylic acids is 3. The third-order valence-corrected chi connectivity index (χ3v) is 3.68. The quantitative estimate of drug-likeness (QED) is 0.205. The predicted molar refractivity (Wildman–Crippen MR) is 91.5 cm³/mol. The van der Waals surface area contributed by atoms with E-state index in [1.54, 1.807) is 0 Å². The third-order valence-electron chi connectivity index (χ3n) is 3.17. The van der Waals surface area contributed by atoms with Crippen molar-refractivity contribution in [3.05, 3.63) is 0 Å². The first-order valence-corrected chi connectivity index (χ1v) is 8.60. The fourth-order valence-electron chi connectivity index (χ4n) is 2.28. The molecular formula is C14H18Cl3NO9. The zero-order valence-electron chi connectivity index (χ0n) is 14.4. The lowest BCUT2D eigenvalue weighted by atomic mass is 9.98. The number of hydrogen-bond donors (Lipinski definition) is 2. The van der Waals surface area contributed by atoms with Gasteiger partial charge in [-0.3, -0.25) is 19.8 Å². The molecule has 1 rings (SSSR count). The number of aliphatic hydroxyl groups is 1. The summed E-state index contributed by atoms with van der Waals surface area (Å²) in [5.41, 5.74) is 0. The molecule has 13 heteroatoms. The van der Waals surface area contributed by atoms with E-state index in [1.807, 2.05) is 0 Å². The molecule has 0 unspecified atom stereocenters. The summed E-state index contributed by atoms with van der Waals surface area (Å²) in [4.78, 5) is 34.4. The largest absolute Gasteiger partial charge is 0.456 e. The topological polar surface area (TPSA) is 141 Å². The Hall–Kier alpha value is -1.33. The molecule has 0 saturated carbocycles. The van der Waals surface area contributed by atoms with Crippen molar-refractivity contribution in [1.82, 2.24) is 0 Å². The predicted octanol–water partition coefficient (Wildman–Crippen LogP) is 0.863. The SMILES string of the molecule is CC(=O)O[C@@H]1[C@H](OC(C)=O)[C@@H](OC(=N)C(Cl)(Cl)Cl)O[C@H](CO)[C@H]1OC(C)=O. The second kappa shape index (κ2) is 9.74. The highest BCUT2D eigenvalue weighted by molar-refractivity contribution is 6.76. The number of hydrogen-bond acceptors (Lipinski definition) is 10. The minimum Gasteiger partial charge on any atom is -0.456 e. The maximum atomic E-state index is 11.5. The van der Waals surface area contributed by atoms with Crippen molar-refractivity contribution < 1.29 is 43.2 Å². The van der Waals surface area contributed by atoms with Gasteiger partial charge in [-0.25, -0.2) is 0 Å². The Bertz CT molecular complexity index is 595. The van der Waals surface area contributed by atoms with Crippen LogP contribution in [0.1, 0.15) is 20.8 Å². The van der Waals surface area contributed by atoms with Crippen molar-refractivity contribution in [2.24, 2.45) is 0 Å². The number of alkyl halides is 3. The summed E-state index contributed by atoms with van der Waals surface area (Å²) in [6, 6.07) is 0. The van der Waals surface area contributed by atoms with Gasteiger partial charge in [-0.1, -0.05) is 34.8 Å². The molecule has 2 N–H and O–H groups in total. The molecule has 27 heavy (non-hydrogen) atoms. The van der Waals surface area contributed by atoms with Crippen LogP contribution in [0.5, 0.6) is 0 Å². The van der Waals surface area contributed by atoms with Gasteiger partial charge in [0, 0.05) is 20.8 Å². The van der Waals surface area contributed by atoms with E-state index >= 15 is 0 Å². The fourth-order valence-corrected chi connectivity index (χ4v) is 2.41. The Morgan fingerprint density at radius 2 is 1.37 bits per heavy atom. The minimum absolute atomic E-state index is 0.691. The molecule has 0 aromatic rings. The summed E-state index contributed by atoms with van der Waals surface area (Å²) >= 11 is 16.7. The molecule has 5 atom stereocenters. The van der Waals surface area contributed by atoms with Gasteiger partial charge in [0.2, 0.25) is 18.3 Å². The van der Waals surface area contributed by atoms with Crippen LogP contribution in [-0.2, 0) is 38.1 Å². The van der Waals surface area contributed by atoms with Gasteiger partial charge in [-0.15, -0.1) is 0 Å². The van der Waals surface area contributed by atoms with E-state index in [-0.39, 0.29) is 0 Å². The molecule has 1 aliphatic rings. The monoisotopic (exact) mass is 449 g/mol. The lowest BCUT2D eigenvalue weighted by Gasteiger charge is -2.43. The first kappa shape index (κ1) is 23.7. The van der Waals surface area contributed by atoms with Gasteiger partial charge in [0.15, 0.2) is 12.2 Å². The average Bonchev–Trinajstić information content (AvgIpc) is 2.50. The molecule has 0 aromatic heterocycles. The number of rotatable bonds is 5. The highest BCUT2D eigenvalue weighted by Gasteiger charge is 2.53. The summed E-state index contributed by atoms with van der Waals surface area (Å²) < 4.78 is 23.5. The van der Waals surface area contributed by atoms with Crippen LogP contribution in [0.25, 0.3) is 0 Å². The first-order chi connectivity index (χ1) is 12.4. The summed E-state index contributed by atoms with van der Waals surface area (Å²) in [7, 11) is 0. The minimum atomic E-state index is -2.26. The number of aliphatic hydroxyl groups excluding tert-OH is 1. The van der Waals surface area contributed by atoms with Gasteiger partial charge in [0.05, 0.1) is 6.61 Å². The molecule has 1 saturated heterocycles. The van der Waals surface area contributed by atoms with Crippen LogP contribution in [0.15, 0.2) is 0 Å². The molecule has 1 fully saturated rings. The molecule has 10 nitrogen and oxygen atoms in total. The van der Waals surface area contributed by atoms with Gasteiger partial charge in [0.25, 0.3) is 3.79 Å². The summed E-state index contributed by atoms with van der Waals surface area (Å²) in [5.74, 6) is -3.27. The summed E-state index contributed by atoms with van der Waals surface area (Å²) in [6.07, 6.45) is -7.10. The van der Waals surface area contributed by atoms with Gasteiger partial charge in [-0.05, 0) is 0 Å². The Balaban J connectivity index is 3.28. The lowest BCUT2D eigenvalue weighted by molar-refractivity contribution is -0.291. The van der Waals surface area contributed by atoms with Gasteiger partial charge in [-0.2, -0.15) is 0 Å². The van der Waals surface area contributed by atoms with Crippen LogP contribution in [0.4, 0.5) is 0 Å². The van der Waals surface area contributed by atoms with E-state index in [4.69, 9.17) is 63.9 Å². The first-order valence-electron chi connectivity index (χ1n) is 7.47. The third kappa shape index (κ3) is 6.96. The molecule has 1 heterocycles. The summed E-state index contributed by atoms with van der Waals surface area (Å²) in [5, 5.41) is 17.2. The van der Waals surface area contributed by atoms with E-state index in [0.29, 0.717) is 0 Å². The van der Waals surface area contributed by atoms with E-state index in [0.717, 1.165) is 20.8 Å². The second-order valence-corrected chi connectivity index (χ2v) is 7.67. The molecule has 0 radical (unpaired) electrons. The smallest absolute Gasteiger partial charge is 0.303 e. The van der Waals surface area contributed by atoms with Crippen LogP contribution >= 0.6 is 34.8 Å². The molecule has 0 bridgehead atoms. The molecular weight excluding hydrogens is 433 g/mol. The molecule has 1 aliphatic heterocycles. The Morgan fingerprint density at radius 1 is 0.926 bits per heavy atom.